The van der Waals surface area contributed by atoms with Crippen LogP contribution in [0.5, 0.6) is 5.75 Å². The van der Waals surface area contributed by atoms with Gasteiger partial charge in [-0.15, -0.1) is 0 Å². The van der Waals surface area contributed by atoms with Gasteiger partial charge in [0.2, 0.25) is 0 Å². The van der Waals surface area contributed by atoms with Crippen LogP contribution in [0.25, 0.3) is 11.1 Å². The van der Waals surface area contributed by atoms with E-state index in [0.29, 0.717) is 0 Å². The van der Waals surface area contributed by atoms with Gasteiger partial charge in [-0.3, -0.25) is 0 Å². The first-order valence-corrected chi connectivity index (χ1v) is 13.4. The van der Waals surface area contributed by atoms with Gasteiger partial charge in [0.15, 0.2) is 5.16 Å². The van der Waals surface area contributed by atoms with Crippen LogP contribution in [0.4, 0.5) is 0 Å². The molecule has 1 aromatic carbocycles. The second-order valence-corrected chi connectivity index (χ2v) is 9.67. The number of hydrogen-bond acceptors (Lipinski definition) is 4. The van der Waals surface area contributed by atoms with E-state index < -0.39 is 0 Å². The Bertz CT molecular complexity index is 687. The van der Waals surface area contributed by atoms with Crippen molar-refractivity contribution in [2.24, 2.45) is 5.92 Å². The molecule has 1 atom stereocenters. The summed E-state index contributed by atoms with van der Waals surface area (Å²) in [6, 6.07) is 8.30. The maximum absolute atomic E-state index is 5.90. The Morgan fingerprint density at radius 3 is 2.19 bits per heavy atom. The fourth-order valence-corrected chi connectivity index (χ4v) is 4.28. The van der Waals surface area contributed by atoms with E-state index in [0.717, 1.165) is 46.7 Å². The Morgan fingerprint density at radius 1 is 0.806 bits per heavy atom. The summed E-state index contributed by atoms with van der Waals surface area (Å²) in [7, 11) is 0. The highest BCUT2D eigenvalue weighted by Crippen LogP contribution is 2.23. The lowest BCUT2D eigenvalue weighted by Gasteiger charge is -2.09. The molecule has 2 rings (SSSR count). The molecule has 0 aliphatic rings. The van der Waals surface area contributed by atoms with Crippen LogP contribution < -0.4 is 4.74 Å². The fraction of sp³-hybridized carbons (Fsp3) is 0.630. The predicted molar refractivity (Wildman–Crippen MR) is 135 cm³/mol. The van der Waals surface area contributed by atoms with Crippen molar-refractivity contribution in [2.45, 2.75) is 96.6 Å². The van der Waals surface area contributed by atoms with E-state index in [1.54, 1.807) is 11.8 Å². The Hall–Kier alpha value is -1.55. The molecule has 0 saturated carbocycles. The van der Waals surface area contributed by atoms with E-state index in [1.165, 1.54) is 64.2 Å². The Kier molecular flexibility index (Phi) is 13.4. The van der Waals surface area contributed by atoms with Gasteiger partial charge >= 0.3 is 0 Å². The molecule has 1 aromatic heterocycles. The van der Waals surface area contributed by atoms with Crippen LogP contribution in [0.2, 0.25) is 0 Å². The lowest BCUT2D eigenvalue weighted by atomic mass is 10.0. The number of thioether (sulfide) groups is 1. The molecule has 0 fully saturated rings. The summed E-state index contributed by atoms with van der Waals surface area (Å²) < 4.78 is 5.90. The van der Waals surface area contributed by atoms with Crippen LogP contribution in [0.1, 0.15) is 91.4 Å². The van der Waals surface area contributed by atoms with E-state index in [2.05, 4.69) is 55.0 Å². The van der Waals surface area contributed by atoms with Gasteiger partial charge in [-0.2, -0.15) is 0 Å². The number of ether oxygens (including phenoxy) is 1. The molecule has 0 aliphatic heterocycles. The zero-order valence-corrected chi connectivity index (χ0v) is 20.8. The van der Waals surface area contributed by atoms with Gasteiger partial charge in [0.1, 0.15) is 5.75 Å². The van der Waals surface area contributed by atoms with Crippen LogP contribution in [-0.2, 0) is 0 Å². The van der Waals surface area contributed by atoms with Crippen molar-refractivity contribution >= 4 is 11.8 Å². The minimum absolute atomic E-state index is 0.799. The molecule has 0 aliphatic carbocycles. The summed E-state index contributed by atoms with van der Waals surface area (Å²) in [5.41, 5.74) is 2.19. The number of aromatic nitrogens is 2. The number of nitrogens with zero attached hydrogens (tertiary/aromatic N) is 2. The second-order valence-electron chi connectivity index (χ2n) is 8.61. The first kappa shape index (κ1) is 25.7. The standard InChI is InChI=1S/C27H42N2OS/c1-4-6-7-8-9-13-20-31-27-28-21-25(22-29-27)24-15-17-26(18-16-24)30-19-12-10-11-14-23(3)5-2/h15-18,21-23H,4-14,19-20H2,1-3H3/t23-/m0/s1. The minimum atomic E-state index is 0.799. The molecule has 0 unspecified atom stereocenters. The topological polar surface area (TPSA) is 35.0 Å². The average Bonchev–Trinajstić information content (AvgIpc) is 2.81. The molecule has 3 nitrogen and oxygen atoms in total. The Balaban J connectivity index is 1.65. The quantitative estimate of drug-likeness (QED) is 0.140. The van der Waals surface area contributed by atoms with E-state index in [4.69, 9.17) is 4.74 Å². The number of benzene rings is 1. The highest BCUT2D eigenvalue weighted by molar-refractivity contribution is 7.99. The fourth-order valence-electron chi connectivity index (χ4n) is 3.50. The summed E-state index contributed by atoms with van der Waals surface area (Å²) in [6.07, 6.45) is 18.1. The zero-order valence-electron chi connectivity index (χ0n) is 19.9. The van der Waals surface area contributed by atoms with Crippen LogP contribution >= 0.6 is 11.8 Å². The maximum Gasteiger partial charge on any atom is 0.187 e. The van der Waals surface area contributed by atoms with Crippen LogP contribution in [-0.4, -0.2) is 22.3 Å². The molecule has 2 aromatic rings. The van der Waals surface area contributed by atoms with Crippen molar-refractivity contribution in [1.82, 2.24) is 9.97 Å². The van der Waals surface area contributed by atoms with E-state index in [9.17, 15) is 0 Å². The number of rotatable bonds is 17. The van der Waals surface area contributed by atoms with Crippen molar-refractivity contribution in [3.63, 3.8) is 0 Å². The van der Waals surface area contributed by atoms with Gasteiger partial charge in [0, 0.05) is 23.7 Å². The molecule has 0 saturated heterocycles. The van der Waals surface area contributed by atoms with Crippen molar-refractivity contribution in [2.75, 3.05) is 12.4 Å². The van der Waals surface area contributed by atoms with Gasteiger partial charge in [-0.05, 0) is 36.5 Å². The summed E-state index contributed by atoms with van der Waals surface area (Å²) in [5.74, 6) is 2.90. The summed E-state index contributed by atoms with van der Waals surface area (Å²) >= 11 is 1.77. The van der Waals surface area contributed by atoms with Crippen LogP contribution in [0.3, 0.4) is 0 Å². The third kappa shape index (κ3) is 11.0. The van der Waals surface area contributed by atoms with Gasteiger partial charge in [-0.1, -0.05) is 102 Å². The molecule has 0 N–H and O–H groups in total. The Morgan fingerprint density at radius 2 is 1.48 bits per heavy atom. The minimum Gasteiger partial charge on any atom is -0.494 e. The zero-order chi connectivity index (χ0) is 22.2. The largest absolute Gasteiger partial charge is 0.494 e. The van der Waals surface area contributed by atoms with Gasteiger partial charge < -0.3 is 4.74 Å². The molecule has 0 amide bonds. The summed E-state index contributed by atoms with van der Waals surface area (Å²) in [6.45, 7) is 7.67. The summed E-state index contributed by atoms with van der Waals surface area (Å²) in [5, 5.41) is 0.880. The third-order valence-corrected chi connectivity index (χ3v) is 6.81. The van der Waals surface area contributed by atoms with Crippen molar-refractivity contribution in [3.8, 4) is 16.9 Å². The molecule has 0 bridgehead atoms. The molecule has 172 valence electrons. The number of unbranched alkanes of at least 4 members (excludes halogenated alkanes) is 7. The lowest BCUT2D eigenvalue weighted by molar-refractivity contribution is 0.302. The molecule has 4 heteroatoms. The SMILES string of the molecule is CCCCCCCCSc1ncc(-c2ccc(OCCCCC[C@@H](C)CC)cc2)cn1. The number of hydrogen-bond donors (Lipinski definition) is 0. The lowest BCUT2D eigenvalue weighted by Crippen LogP contribution is -1.98. The van der Waals surface area contributed by atoms with Gasteiger partial charge in [0.05, 0.1) is 6.61 Å². The first-order chi connectivity index (χ1) is 15.2. The van der Waals surface area contributed by atoms with E-state index in [1.807, 2.05) is 12.4 Å². The van der Waals surface area contributed by atoms with Crippen molar-refractivity contribution in [1.29, 1.82) is 0 Å². The molecule has 0 spiro atoms. The van der Waals surface area contributed by atoms with Gasteiger partial charge in [-0.25, -0.2) is 9.97 Å². The predicted octanol–water partition coefficient (Wildman–Crippen LogP) is 8.58. The Labute approximate surface area is 194 Å². The monoisotopic (exact) mass is 442 g/mol. The molecule has 0 radical (unpaired) electrons. The van der Waals surface area contributed by atoms with E-state index >= 15 is 0 Å². The van der Waals surface area contributed by atoms with Gasteiger partial charge in [0.25, 0.3) is 0 Å². The van der Waals surface area contributed by atoms with Crippen LogP contribution in [0, 0.1) is 5.92 Å². The normalized spacial score (nSPS) is 12.1. The maximum atomic E-state index is 5.90. The smallest absolute Gasteiger partial charge is 0.187 e. The molecule has 1 heterocycles. The van der Waals surface area contributed by atoms with Crippen molar-refractivity contribution in [3.05, 3.63) is 36.7 Å². The molecular weight excluding hydrogens is 400 g/mol. The highest BCUT2D eigenvalue weighted by atomic mass is 32.2. The van der Waals surface area contributed by atoms with Crippen LogP contribution in [0.15, 0.2) is 41.8 Å². The summed E-state index contributed by atoms with van der Waals surface area (Å²) in [4.78, 5) is 9.08. The van der Waals surface area contributed by atoms with E-state index in [-0.39, 0.29) is 0 Å². The average molecular weight is 443 g/mol. The highest BCUT2D eigenvalue weighted by Gasteiger charge is 2.03. The molecular formula is C27H42N2OS. The molecule has 31 heavy (non-hydrogen) atoms. The second kappa shape index (κ2) is 16.1. The van der Waals surface area contributed by atoms with Crippen molar-refractivity contribution < 1.29 is 4.74 Å². The third-order valence-electron chi connectivity index (χ3n) is 5.85. The first-order valence-electron chi connectivity index (χ1n) is 12.4.